The van der Waals surface area contributed by atoms with Crippen LogP contribution in [0.15, 0.2) is 42.9 Å². The van der Waals surface area contributed by atoms with Crippen LogP contribution in [0.3, 0.4) is 0 Å². The van der Waals surface area contributed by atoms with Gasteiger partial charge in [-0.2, -0.15) is 4.98 Å². The van der Waals surface area contributed by atoms with Gasteiger partial charge in [0, 0.05) is 56.8 Å². The molecular weight excluding hydrogens is 468 g/mol. The lowest BCUT2D eigenvalue weighted by atomic mass is 10.1. The Morgan fingerprint density at radius 1 is 1.08 bits per heavy atom. The summed E-state index contributed by atoms with van der Waals surface area (Å²) in [4.78, 5) is 25.8. The molecule has 36 heavy (non-hydrogen) atoms. The van der Waals surface area contributed by atoms with Crippen molar-refractivity contribution in [1.29, 1.82) is 0 Å². The third kappa shape index (κ3) is 3.69. The molecule has 3 aliphatic heterocycles. The Morgan fingerprint density at radius 2 is 1.86 bits per heavy atom. The summed E-state index contributed by atoms with van der Waals surface area (Å²) >= 11 is 0. The second kappa shape index (κ2) is 7.95. The minimum Gasteiger partial charge on any atom is -0.371 e. The Bertz CT molecular complexity index is 1460. The molecule has 3 fully saturated rings. The Kier molecular flexibility index (Phi) is 4.79. The lowest BCUT2D eigenvalue weighted by Gasteiger charge is -2.31. The SMILES string of the molecule is O=C(c1cnc2c(ccn2-c2ccc3nc(N4CC5CCC(C4)O5)nn3c2)c1)N1CCC(F)(F)CC1. The smallest absolute Gasteiger partial charge is 0.255 e. The molecule has 0 N–H and O–H groups in total. The maximum atomic E-state index is 13.5. The van der Waals surface area contributed by atoms with E-state index in [4.69, 9.17) is 14.8 Å². The lowest BCUT2D eigenvalue weighted by molar-refractivity contribution is -0.0494. The number of nitrogens with zero attached hydrogens (tertiary/aromatic N) is 7. The Labute approximate surface area is 205 Å². The van der Waals surface area contributed by atoms with E-state index in [0.717, 1.165) is 42.7 Å². The van der Waals surface area contributed by atoms with Crippen LogP contribution in [-0.2, 0) is 4.74 Å². The van der Waals surface area contributed by atoms with Crippen LogP contribution >= 0.6 is 0 Å². The van der Waals surface area contributed by atoms with Crippen LogP contribution in [0.5, 0.6) is 0 Å². The van der Waals surface area contributed by atoms with E-state index < -0.39 is 5.92 Å². The van der Waals surface area contributed by atoms with Gasteiger partial charge in [-0.3, -0.25) is 9.36 Å². The number of anilines is 1. The van der Waals surface area contributed by atoms with E-state index in [2.05, 4.69) is 9.88 Å². The van der Waals surface area contributed by atoms with Crippen LogP contribution in [0.25, 0.3) is 22.4 Å². The van der Waals surface area contributed by atoms with Crippen LogP contribution in [0.2, 0.25) is 0 Å². The summed E-state index contributed by atoms with van der Waals surface area (Å²) in [6.45, 7) is 1.73. The molecule has 2 unspecified atom stereocenters. The number of rotatable bonds is 3. The van der Waals surface area contributed by atoms with Crippen molar-refractivity contribution in [3.8, 4) is 5.69 Å². The summed E-state index contributed by atoms with van der Waals surface area (Å²) in [5.41, 5.74) is 2.72. The second-order valence-electron chi connectivity index (χ2n) is 9.94. The van der Waals surface area contributed by atoms with Crippen molar-refractivity contribution < 1.29 is 18.3 Å². The van der Waals surface area contributed by atoms with Gasteiger partial charge in [0.25, 0.3) is 11.8 Å². The number of carbonyl (C=O) groups is 1. The molecule has 186 valence electrons. The molecule has 11 heteroatoms. The van der Waals surface area contributed by atoms with Crippen molar-refractivity contribution in [1.82, 2.24) is 29.0 Å². The van der Waals surface area contributed by atoms with Gasteiger partial charge in [0.2, 0.25) is 5.95 Å². The number of alkyl halides is 2. The molecule has 0 saturated carbocycles. The zero-order chi connectivity index (χ0) is 24.4. The zero-order valence-corrected chi connectivity index (χ0v) is 19.6. The molecule has 3 aliphatic rings. The molecule has 4 aromatic rings. The average Bonchev–Trinajstić information content (AvgIpc) is 3.58. The molecule has 7 rings (SSSR count). The number of hydrogen-bond acceptors (Lipinski definition) is 6. The van der Waals surface area contributed by atoms with Crippen LogP contribution < -0.4 is 4.90 Å². The number of morpholine rings is 1. The first-order valence-electron chi connectivity index (χ1n) is 12.3. The molecule has 7 heterocycles. The summed E-state index contributed by atoms with van der Waals surface area (Å²) in [6.07, 6.45) is 7.43. The van der Waals surface area contributed by atoms with E-state index >= 15 is 0 Å². The molecule has 0 aliphatic carbocycles. The van der Waals surface area contributed by atoms with Crippen molar-refractivity contribution in [2.24, 2.45) is 0 Å². The van der Waals surface area contributed by atoms with E-state index in [1.165, 1.54) is 11.1 Å². The molecule has 2 atom stereocenters. The lowest BCUT2D eigenvalue weighted by Crippen LogP contribution is -2.43. The zero-order valence-electron chi connectivity index (χ0n) is 19.6. The normalized spacial score (nSPS) is 23.6. The maximum absolute atomic E-state index is 13.5. The Morgan fingerprint density at radius 3 is 2.64 bits per heavy atom. The highest BCUT2D eigenvalue weighted by Gasteiger charge is 2.36. The maximum Gasteiger partial charge on any atom is 0.255 e. The number of fused-ring (bicyclic) bond motifs is 4. The highest BCUT2D eigenvalue weighted by Crippen LogP contribution is 2.30. The summed E-state index contributed by atoms with van der Waals surface area (Å²) in [7, 11) is 0. The molecule has 1 amide bonds. The van der Waals surface area contributed by atoms with E-state index in [9.17, 15) is 13.6 Å². The van der Waals surface area contributed by atoms with E-state index in [-0.39, 0.29) is 44.0 Å². The Balaban J connectivity index is 1.15. The topological polar surface area (TPSA) is 80.8 Å². The number of amides is 1. The largest absolute Gasteiger partial charge is 0.371 e. The molecule has 3 saturated heterocycles. The first kappa shape index (κ1) is 21.7. The van der Waals surface area contributed by atoms with E-state index in [0.29, 0.717) is 17.2 Å². The third-order valence-corrected chi connectivity index (χ3v) is 7.46. The molecule has 0 radical (unpaired) electrons. The molecule has 2 bridgehead atoms. The number of piperidine rings is 1. The number of carbonyl (C=O) groups excluding carboxylic acids is 1. The van der Waals surface area contributed by atoms with Gasteiger partial charge in [-0.15, -0.1) is 5.10 Å². The Hall–Kier alpha value is -3.60. The quantitative estimate of drug-likeness (QED) is 0.436. The van der Waals surface area contributed by atoms with Gasteiger partial charge in [0.15, 0.2) is 5.65 Å². The van der Waals surface area contributed by atoms with Crippen LogP contribution in [0.4, 0.5) is 14.7 Å². The fourth-order valence-electron chi connectivity index (χ4n) is 5.48. The fraction of sp³-hybridized carbons (Fsp3) is 0.440. The van der Waals surface area contributed by atoms with Gasteiger partial charge in [-0.05, 0) is 37.1 Å². The van der Waals surface area contributed by atoms with Crippen molar-refractivity contribution in [2.45, 2.75) is 43.8 Å². The third-order valence-electron chi connectivity index (χ3n) is 7.46. The molecule has 4 aromatic heterocycles. The van der Waals surface area contributed by atoms with Crippen LogP contribution in [-0.4, -0.2) is 79.3 Å². The van der Waals surface area contributed by atoms with Gasteiger partial charge in [0.05, 0.1) is 29.7 Å². The second-order valence-corrected chi connectivity index (χ2v) is 9.94. The summed E-state index contributed by atoms with van der Waals surface area (Å²) in [5, 5.41) is 5.52. The highest BCUT2D eigenvalue weighted by molar-refractivity contribution is 5.97. The summed E-state index contributed by atoms with van der Waals surface area (Å²) < 4.78 is 36.6. The summed E-state index contributed by atoms with van der Waals surface area (Å²) in [6, 6.07) is 7.55. The van der Waals surface area contributed by atoms with Gasteiger partial charge in [-0.1, -0.05) is 0 Å². The number of ether oxygens (including phenoxy) is 1. The number of aromatic nitrogens is 5. The standard InChI is InChI=1S/C25H25F2N7O2/c26-25(27)6-9-31(10-7-25)23(35)17-11-16-5-8-33(22(16)28-12-17)18-1-4-21-29-24(30-34(21)13-18)32-14-19-2-3-20(15-32)36-19/h1,4-5,8,11-13,19-20H,2-3,6-7,9-10,14-15H2. The molecule has 0 spiro atoms. The number of pyridine rings is 2. The van der Waals surface area contributed by atoms with Crippen LogP contribution in [0.1, 0.15) is 36.0 Å². The predicted molar refractivity (Wildman–Crippen MR) is 128 cm³/mol. The van der Waals surface area contributed by atoms with Crippen molar-refractivity contribution in [2.75, 3.05) is 31.1 Å². The average molecular weight is 494 g/mol. The highest BCUT2D eigenvalue weighted by atomic mass is 19.3. The van der Waals surface area contributed by atoms with E-state index in [1.54, 1.807) is 10.6 Å². The fourth-order valence-corrected chi connectivity index (χ4v) is 5.48. The van der Waals surface area contributed by atoms with Gasteiger partial charge >= 0.3 is 0 Å². The van der Waals surface area contributed by atoms with Gasteiger partial charge in [0.1, 0.15) is 5.65 Å². The molecule has 0 aromatic carbocycles. The first-order valence-corrected chi connectivity index (χ1v) is 12.3. The first-order chi connectivity index (χ1) is 17.4. The molecule has 9 nitrogen and oxygen atoms in total. The molecular formula is C25H25F2N7O2. The number of hydrogen-bond donors (Lipinski definition) is 0. The van der Waals surface area contributed by atoms with Gasteiger partial charge in [-0.25, -0.2) is 18.3 Å². The minimum atomic E-state index is -2.69. The number of halogens is 2. The van der Waals surface area contributed by atoms with Crippen molar-refractivity contribution in [3.05, 3.63) is 48.4 Å². The monoisotopic (exact) mass is 493 g/mol. The number of likely N-dealkylation sites (tertiary alicyclic amines) is 1. The van der Waals surface area contributed by atoms with Crippen molar-refractivity contribution >= 4 is 28.5 Å². The predicted octanol–water partition coefficient (Wildman–Crippen LogP) is 3.31. The van der Waals surface area contributed by atoms with Gasteiger partial charge < -0.3 is 14.5 Å². The summed E-state index contributed by atoms with van der Waals surface area (Å²) in [5.74, 6) is -2.24. The van der Waals surface area contributed by atoms with Crippen LogP contribution in [0, 0.1) is 0 Å². The van der Waals surface area contributed by atoms with Crippen molar-refractivity contribution in [3.63, 3.8) is 0 Å². The van der Waals surface area contributed by atoms with E-state index in [1.807, 2.05) is 35.2 Å². The minimum absolute atomic E-state index is 0.0521.